The van der Waals surface area contributed by atoms with Gasteiger partial charge in [-0.25, -0.2) is 10.4 Å². The van der Waals surface area contributed by atoms with E-state index in [9.17, 15) is 9.59 Å². The molecule has 5 atom stereocenters. The molecule has 1 saturated carbocycles. The minimum atomic E-state index is -0.239. The molecule has 2 saturated heterocycles. The Kier molecular flexibility index (Phi) is 6.25. The zero-order valence-electron chi connectivity index (χ0n) is 18.4. The van der Waals surface area contributed by atoms with Crippen LogP contribution in [0.5, 0.6) is 5.75 Å². The third-order valence-electron chi connectivity index (χ3n) is 7.02. The van der Waals surface area contributed by atoms with Gasteiger partial charge in [0.1, 0.15) is 11.9 Å². The number of fused-ring (bicyclic) bond motifs is 3. The highest BCUT2D eigenvalue weighted by atomic mass is 35.5. The first-order valence-corrected chi connectivity index (χ1v) is 11.7. The van der Waals surface area contributed by atoms with Gasteiger partial charge in [0.25, 0.3) is 0 Å². The Balaban J connectivity index is 1.27. The minimum absolute atomic E-state index is 0.00904. The SMILES string of the molecule is COc1ccc(C2NNN3C4CC(C(=O)NCc5ccccc5Cl)CCC4C(=O)NC23)cc1. The predicted octanol–water partition coefficient (Wildman–Crippen LogP) is 2.27. The van der Waals surface area contributed by atoms with Crippen LogP contribution in [0.15, 0.2) is 48.5 Å². The summed E-state index contributed by atoms with van der Waals surface area (Å²) in [7, 11) is 1.64. The second kappa shape index (κ2) is 9.30. The molecule has 0 aromatic heterocycles. The molecule has 1 aliphatic carbocycles. The molecule has 5 unspecified atom stereocenters. The fourth-order valence-electron chi connectivity index (χ4n) is 5.19. The molecule has 0 spiro atoms. The van der Waals surface area contributed by atoms with E-state index in [1.807, 2.05) is 48.5 Å². The van der Waals surface area contributed by atoms with Crippen molar-refractivity contribution >= 4 is 23.4 Å². The normalized spacial score (nSPS) is 29.0. The molecule has 0 bridgehead atoms. The van der Waals surface area contributed by atoms with Crippen LogP contribution < -0.4 is 26.3 Å². The molecular weight excluding hydrogens is 442 g/mol. The van der Waals surface area contributed by atoms with Crippen molar-refractivity contribution in [2.45, 2.75) is 44.1 Å². The highest BCUT2D eigenvalue weighted by Gasteiger charge is 2.51. The van der Waals surface area contributed by atoms with Gasteiger partial charge in [0.05, 0.1) is 19.1 Å². The number of nitrogens with one attached hydrogen (secondary N) is 4. The van der Waals surface area contributed by atoms with Gasteiger partial charge < -0.3 is 15.4 Å². The van der Waals surface area contributed by atoms with Crippen LogP contribution in [-0.2, 0) is 16.1 Å². The molecule has 9 heteroatoms. The maximum Gasteiger partial charge on any atom is 0.226 e. The van der Waals surface area contributed by atoms with E-state index < -0.39 is 0 Å². The van der Waals surface area contributed by atoms with Gasteiger partial charge in [-0.15, -0.1) is 0 Å². The zero-order valence-corrected chi connectivity index (χ0v) is 19.1. The van der Waals surface area contributed by atoms with E-state index in [0.29, 0.717) is 30.8 Å². The summed E-state index contributed by atoms with van der Waals surface area (Å²) < 4.78 is 5.25. The number of ether oxygens (including phenoxy) is 1. The minimum Gasteiger partial charge on any atom is -0.497 e. The number of amides is 2. The van der Waals surface area contributed by atoms with Gasteiger partial charge in [0.2, 0.25) is 11.8 Å². The number of rotatable bonds is 5. The number of nitrogens with zero attached hydrogens (tertiary/aromatic N) is 1. The van der Waals surface area contributed by atoms with E-state index in [-0.39, 0.29) is 41.9 Å². The van der Waals surface area contributed by atoms with Gasteiger partial charge in [-0.1, -0.05) is 41.9 Å². The van der Waals surface area contributed by atoms with Crippen molar-refractivity contribution < 1.29 is 14.3 Å². The molecule has 2 aromatic carbocycles. The molecule has 2 aliphatic heterocycles. The number of hydrogen-bond donors (Lipinski definition) is 4. The molecule has 33 heavy (non-hydrogen) atoms. The van der Waals surface area contributed by atoms with E-state index in [1.165, 1.54) is 0 Å². The van der Waals surface area contributed by atoms with Crippen LogP contribution in [0.1, 0.15) is 36.4 Å². The lowest BCUT2D eigenvalue weighted by Crippen LogP contribution is -2.65. The molecule has 3 aliphatic rings. The summed E-state index contributed by atoms with van der Waals surface area (Å²) in [6.07, 6.45) is 1.75. The van der Waals surface area contributed by atoms with Crippen LogP contribution in [-0.4, -0.2) is 36.1 Å². The fraction of sp³-hybridized carbons (Fsp3) is 0.417. The van der Waals surface area contributed by atoms with E-state index in [2.05, 4.69) is 26.6 Å². The van der Waals surface area contributed by atoms with Gasteiger partial charge in [-0.2, -0.15) is 5.53 Å². The van der Waals surface area contributed by atoms with Crippen molar-refractivity contribution in [3.63, 3.8) is 0 Å². The fourth-order valence-corrected chi connectivity index (χ4v) is 5.39. The lowest BCUT2D eigenvalue weighted by molar-refractivity contribution is -0.143. The largest absolute Gasteiger partial charge is 0.497 e. The second-order valence-electron chi connectivity index (χ2n) is 8.86. The van der Waals surface area contributed by atoms with Crippen LogP contribution in [0.25, 0.3) is 0 Å². The monoisotopic (exact) mass is 469 g/mol. The summed E-state index contributed by atoms with van der Waals surface area (Å²) in [4.78, 5) is 25.9. The van der Waals surface area contributed by atoms with Gasteiger partial charge in [0, 0.05) is 23.5 Å². The Morgan fingerprint density at radius 2 is 1.97 bits per heavy atom. The first kappa shape index (κ1) is 22.2. The molecule has 2 aromatic rings. The first-order valence-electron chi connectivity index (χ1n) is 11.3. The number of benzene rings is 2. The van der Waals surface area contributed by atoms with Crippen LogP contribution >= 0.6 is 11.6 Å². The lowest BCUT2D eigenvalue weighted by atomic mass is 9.75. The highest BCUT2D eigenvalue weighted by Crippen LogP contribution is 2.39. The smallest absolute Gasteiger partial charge is 0.226 e. The van der Waals surface area contributed by atoms with Crippen LogP contribution in [0.3, 0.4) is 0 Å². The van der Waals surface area contributed by atoms with Crippen molar-refractivity contribution in [2.24, 2.45) is 11.8 Å². The standard InChI is InChI=1S/C24H28ClN5O3/c1-33-17-9-6-14(7-10-17)21-22-27-24(32)18-11-8-15(12-20(18)30(22)29-28-21)23(31)26-13-16-4-2-3-5-19(16)25/h2-7,9-10,15,18,20-22,28-29H,8,11-13H2,1H3,(H,26,31)(H,27,32). The highest BCUT2D eigenvalue weighted by molar-refractivity contribution is 6.31. The second-order valence-corrected chi connectivity index (χ2v) is 9.27. The molecule has 8 nitrogen and oxygen atoms in total. The molecule has 174 valence electrons. The average Bonchev–Trinajstić information content (AvgIpc) is 3.27. The van der Waals surface area contributed by atoms with Crippen molar-refractivity contribution in [3.05, 3.63) is 64.7 Å². The van der Waals surface area contributed by atoms with Crippen molar-refractivity contribution in [1.29, 1.82) is 0 Å². The summed E-state index contributed by atoms with van der Waals surface area (Å²) in [6.45, 7) is 0.398. The van der Waals surface area contributed by atoms with Crippen molar-refractivity contribution in [2.75, 3.05) is 7.11 Å². The quantitative estimate of drug-likeness (QED) is 0.536. The molecule has 2 amide bonds. The van der Waals surface area contributed by atoms with Crippen molar-refractivity contribution in [1.82, 2.24) is 26.6 Å². The third kappa shape index (κ3) is 4.31. The number of carbonyl (C=O) groups excluding carboxylic acids is 2. The molecule has 5 rings (SSSR count). The Hall–Kier alpha value is -2.65. The topological polar surface area (TPSA) is 94.7 Å². The summed E-state index contributed by atoms with van der Waals surface area (Å²) in [5, 5.41) is 8.92. The molecular formula is C24H28ClN5O3. The average molecular weight is 470 g/mol. The van der Waals surface area contributed by atoms with Gasteiger partial charge in [0.15, 0.2) is 0 Å². The number of carbonyl (C=O) groups is 2. The van der Waals surface area contributed by atoms with E-state index in [1.54, 1.807) is 7.11 Å². The Bertz CT molecular complexity index is 1030. The Morgan fingerprint density at radius 3 is 2.73 bits per heavy atom. The summed E-state index contributed by atoms with van der Waals surface area (Å²) >= 11 is 6.22. The van der Waals surface area contributed by atoms with E-state index in [4.69, 9.17) is 16.3 Å². The lowest BCUT2D eigenvalue weighted by Gasteiger charge is -2.46. The summed E-state index contributed by atoms with van der Waals surface area (Å²) in [6, 6.07) is 15.1. The molecule has 2 heterocycles. The maximum absolute atomic E-state index is 13.0. The van der Waals surface area contributed by atoms with Crippen LogP contribution in [0.2, 0.25) is 5.02 Å². The number of halogens is 1. The van der Waals surface area contributed by atoms with E-state index in [0.717, 1.165) is 16.9 Å². The van der Waals surface area contributed by atoms with Gasteiger partial charge in [-0.3, -0.25) is 9.59 Å². The van der Waals surface area contributed by atoms with Gasteiger partial charge >= 0.3 is 0 Å². The molecule has 4 N–H and O–H groups in total. The maximum atomic E-state index is 13.0. The van der Waals surface area contributed by atoms with Gasteiger partial charge in [-0.05, 0) is 48.6 Å². The molecule has 0 radical (unpaired) electrons. The summed E-state index contributed by atoms with van der Waals surface area (Å²) in [5.41, 5.74) is 8.51. The molecule has 3 fully saturated rings. The number of hydrazine groups is 2. The number of methoxy groups -OCH3 is 1. The van der Waals surface area contributed by atoms with Crippen LogP contribution in [0, 0.1) is 11.8 Å². The van der Waals surface area contributed by atoms with E-state index >= 15 is 0 Å². The third-order valence-corrected chi connectivity index (χ3v) is 7.39. The summed E-state index contributed by atoms with van der Waals surface area (Å²) in [5.74, 6) is 0.557. The Labute approximate surface area is 197 Å². The number of hydrogen-bond acceptors (Lipinski definition) is 6. The van der Waals surface area contributed by atoms with Crippen LogP contribution in [0.4, 0.5) is 0 Å². The predicted molar refractivity (Wildman–Crippen MR) is 124 cm³/mol. The zero-order chi connectivity index (χ0) is 22.9. The van der Waals surface area contributed by atoms with Crippen molar-refractivity contribution in [3.8, 4) is 5.75 Å². The Morgan fingerprint density at radius 1 is 1.18 bits per heavy atom. The first-order chi connectivity index (χ1) is 16.0.